The van der Waals surface area contributed by atoms with Crippen LogP contribution in [0, 0.1) is 11.4 Å². The van der Waals surface area contributed by atoms with E-state index in [0.717, 1.165) is 12.3 Å². The van der Waals surface area contributed by atoms with Gasteiger partial charge in [0.25, 0.3) is 5.91 Å². The van der Waals surface area contributed by atoms with E-state index in [9.17, 15) is 19.1 Å². The molecule has 0 atom stereocenters. The van der Waals surface area contributed by atoms with Crippen LogP contribution in [0.3, 0.4) is 0 Å². The molecule has 0 radical (unpaired) electrons. The molecule has 20 heavy (non-hydrogen) atoms. The van der Waals surface area contributed by atoms with Crippen LogP contribution >= 0.6 is 0 Å². The number of pyridine rings is 1. The maximum Gasteiger partial charge on any atom is 0.311 e. The van der Waals surface area contributed by atoms with Gasteiger partial charge in [0.05, 0.1) is 11.0 Å². The number of aliphatic carboxylic acids is 1. The Hall–Kier alpha value is -2.02. The molecule has 0 aliphatic carbocycles. The molecule has 7 heteroatoms. The molecular formula is C13H15FN2O4. The van der Waals surface area contributed by atoms with Gasteiger partial charge in [-0.2, -0.15) is 4.39 Å². The zero-order chi connectivity index (χ0) is 14.6. The maximum atomic E-state index is 12.7. The Labute approximate surface area is 115 Å². The lowest BCUT2D eigenvalue weighted by atomic mass is 9.80. The third-order valence-electron chi connectivity index (χ3n) is 3.48. The van der Waals surface area contributed by atoms with Gasteiger partial charge in [-0.25, -0.2) is 4.98 Å². The summed E-state index contributed by atoms with van der Waals surface area (Å²) in [5.41, 5.74) is -0.805. The summed E-state index contributed by atoms with van der Waals surface area (Å²) in [5.74, 6) is -2.09. The Bertz CT molecular complexity index is 498. The Morgan fingerprint density at radius 3 is 2.65 bits per heavy atom. The summed E-state index contributed by atoms with van der Waals surface area (Å²) >= 11 is 0. The molecular weight excluding hydrogens is 267 g/mol. The molecule has 1 fully saturated rings. The number of aromatic nitrogens is 1. The number of amides is 1. The maximum absolute atomic E-state index is 12.7. The van der Waals surface area contributed by atoms with Gasteiger partial charge in [0, 0.05) is 26.0 Å². The lowest BCUT2D eigenvalue weighted by Gasteiger charge is -2.33. The second-order valence-corrected chi connectivity index (χ2v) is 4.75. The van der Waals surface area contributed by atoms with E-state index in [0.29, 0.717) is 26.1 Å². The molecule has 1 aliphatic rings. The predicted octanol–water partition coefficient (Wildman–Crippen LogP) is 0.832. The third kappa shape index (κ3) is 3.11. The predicted molar refractivity (Wildman–Crippen MR) is 66.7 cm³/mol. The van der Waals surface area contributed by atoms with E-state index in [1.165, 1.54) is 6.07 Å². The second kappa shape index (κ2) is 5.96. The Kier molecular flexibility index (Phi) is 4.29. The zero-order valence-electron chi connectivity index (χ0n) is 10.8. The summed E-state index contributed by atoms with van der Waals surface area (Å²) in [6.45, 7) is 0.739. The number of ether oxygens (including phenoxy) is 1. The summed E-state index contributed by atoms with van der Waals surface area (Å²) in [6, 6.07) is 2.38. The van der Waals surface area contributed by atoms with Gasteiger partial charge < -0.3 is 15.2 Å². The number of carboxylic acid groups (broad SMARTS) is 1. The van der Waals surface area contributed by atoms with Gasteiger partial charge in [0.2, 0.25) is 5.95 Å². The van der Waals surface area contributed by atoms with Crippen LogP contribution in [-0.2, 0) is 9.53 Å². The molecule has 1 aliphatic heterocycles. The van der Waals surface area contributed by atoms with E-state index in [1.54, 1.807) is 0 Å². The number of carbonyl (C=O) groups is 2. The van der Waals surface area contributed by atoms with Gasteiger partial charge >= 0.3 is 5.97 Å². The van der Waals surface area contributed by atoms with Gasteiger partial charge in [-0.3, -0.25) is 9.59 Å². The SMILES string of the molecule is O=C(NCC1(C(=O)O)CCOCC1)c1ccc(F)nc1. The summed E-state index contributed by atoms with van der Waals surface area (Å²) < 4.78 is 17.8. The van der Waals surface area contributed by atoms with Crippen LogP contribution in [0.5, 0.6) is 0 Å². The normalized spacial score (nSPS) is 17.4. The minimum atomic E-state index is -0.999. The fourth-order valence-electron chi connectivity index (χ4n) is 2.09. The van der Waals surface area contributed by atoms with E-state index >= 15 is 0 Å². The van der Waals surface area contributed by atoms with Gasteiger partial charge in [0.15, 0.2) is 0 Å². The van der Waals surface area contributed by atoms with Crippen LogP contribution in [0.1, 0.15) is 23.2 Å². The summed E-state index contributed by atoms with van der Waals surface area (Å²) in [4.78, 5) is 26.7. The monoisotopic (exact) mass is 282 g/mol. The summed E-state index contributed by atoms with van der Waals surface area (Å²) in [6.07, 6.45) is 1.82. The van der Waals surface area contributed by atoms with Crippen molar-refractivity contribution in [2.75, 3.05) is 19.8 Å². The molecule has 2 N–H and O–H groups in total. The van der Waals surface area contributed by atoms with E-state index in [-0.39, 0.29) is 12.1 Å². The van der Waals surface area contributed by atoms with Crippen molar-refractivity contribution >= 4 is 11.9 Å². The molecule has 6 nitrogen and oxygen atoms in total. The highest BCUT2D eigenvalue weighted by atomic mass is 19.1. The Balaban J connectivity index is 2.00. The number of carboxylic acids is 1. The number of nitrogens with one attached hydrogen (secondary N) is 1. The number of hydrogen-bond acceptors (Lipinski definition) is 4. The van der Waals surface area contributed by atoms with Crippen molar-refractivity contribution in [1.82, 2.24) is 10.3 Å². The fraction of sp³-hybridized carbons (Fsp3) is 0.462. The average Bonchev–Trinajstić information content (AvgIpc) is 2.46. The quantitative estimate of drug-likeness (QED) is 0.799. The first kappa shape index (κ1) is 14.4. The highest BCUT2D eigenvalue weighted by Crippen LogP contribution is 2.30. The molecule has 1 aromatic rings. The average molecular weight is 282 g/mol. The number of rotatable bonds is 4. The largest absolute Gasteiger partial charge is 0.481 e. The molecule has 108 valence electrons. The van der Waals surface area contributed by atoms with Crippen LogP contribution in [-0.4, -0.2) is 41.7 Å². The first-order chi connectivity index (χ1) is 9.53. The molecule has 0 saturated carbocycles. The Morgan fingerprint density at radius 2 is 2.10 bits per heavy atom. The molecule has 0 spiro atoms. The van der Waals surface area contributed by atoms with Crippen molar-refractivity contribution in [3.05, 3.63) is 29.8 Å². The van der Waals surface area contributed by atoms with Gasteiger partial charge in [0.1, 0.15) is 0 Å². The van der Waals surface area contributed by atoms with Crippen LogP contribution < -0.4 is 5.32 Å². The lowest BCUT2D eigenvalue weighted by Crippen LogP contribution is -2.46. The zero-order valence-corrected chi connectivity index (χ0v) is 10.8. The number of carbonyl (C=O) groups excluding carboxylic acids is 1. The van der Waals surface area contributed by atoms with Crippen molar-refractivity contribution in [2.45, 2.75) is 12.8 Å². The lowest BCUT2D eigenvalue weighted by molar-refractivity contribution is -0.154. The topological polar surface area (TPSA) is 88.5 Å². The number of halogens is 1. The van der Waals surface area contributed by atoms with Crippen LogP contribution in [0.25, 0.3) is 0 Å². The molecule has 1 aromatic heterocycles. The molecule has 1 saturated heterocycles. The molecule has 2 heterocycles. The van der Waals surface area contributed by atoms with E-state index in [1.807, 2.05) is 0 Å². The van der Waals surface area contributed by atoms with Crippen molar-refractivity contribution in [2.24, 2.45) is 5.41 Å². The molecule has 0 unspecified atom stereocenters. The molecule has 0 bridgehead atoms. The Morgan fingerprint density at radius 1 is 1.40 bits per heavy atom. The van der Waals surface area contributed by atoms with E-state index < -0.39 is 23.2 Å². The number of hydrogen-bond donors (Lipinski definition) is 2. The van der Waals surface area contributed by atoms with Crippen molar-refractivity contribution in [3.8, 4) is 0 Å². The minimum Gasteiger partial charge on any atom is -0.481 e. The third-order valence-corrected chi connectivity index (χ3v) is 3.48. The smallest absolute Gasteiger partial charge is 0.311 e. The van der Waals surface area contributed by atoms with E-state index in [2.05, 4.69) is 10.3 Å². The summed E-state index contributed by atoms with van der Waals surface area (Å²) in [5, 5.41) is 11.9. The van der Waals surface area contributed by atoms with Crippen molar-refractivity contribution < 1.29 is 23.8 Å². The van der Waals surface area contributed by atoms with Gasteiger partial charge in [-0.05, 0) is 25.0 Å². The standard InChI is InChI=1S/C13H15FN2O4/c14-10-2-1-9(7-15-10)11(17)16-8-13(12(18)19)3-5-20-6-4-13/h1-2,7H,3-6,8H2,(H,16,17)(H,18,19). The first-order valence-corrected chi connectivity index (χ1v) is 6.24. The molecule has 1 amide bonds. The highest BCUT2D eigenvalue weighted by molar-refractivity contribution is 5.94. The van der Waals surface area contributed by atoms with Gasteiger partial charge in [-0.1, -0.05) is 0 Å². The van der Waals surface area contributed by atoms with Crippen molar-refractivity contribution in [3.63, 3.8) is 0 Å². The number of nitrogens with zero attached hydrogens (tertiary/aromatic N) is 1. The molecule has 0 aromatic carbocycles. The first-order valence-electron chi connectivity index (χ1n) is 6.24. The highest BCUT2D eigenvalue weighted by Gasteiger charge is 2.40. The second-order valence-electron chi connectivity index (χ2n) is 4.75. The fourth-order valence-corrected chi connectivity index (χ4v) is 2.09. The summed E-state index contributed by atoms with van der Waals surface area (Å²) in [7, 11) is 0. The van der Waals surface area contributed by atoms with E-state index in [4.69, 9.17) is 4.74 Å². The minimum absolute atomic E-state index is 0.0158. The van der Waals surface area contributed by atoms with Crippen LogP contribution in [0.2, 0.25) is 0 Å². The molecule has 2 rings (SSSR count). The van der Waals surface area contributed by atoms with Crippen LogP contribution in [0.15, 0.2) is 18.3 Å². The van der Waals surface area contributed by atoms with Crippen LogP contribution in [0.4, 0.5) is 4.39 Å². The van der Waals surface area contributed by atoms with Gasteiger partial charge in [-0.15, -0.1) is 0 Å². The van der Waals surface area contributed by atoms with Crippen molar-refractivity contribution in [1.29, 1.82) is 0 Å².